The first-order valence-corrected chi connectivity index (χ1v) is 7.33. The van der Waals surface area contributed by atoms with Crippen molar-refractivity contribution in [2.45, 2.75) is 18.0 Å². The Balaban J connectivity index is 1.59. The second kappa shape index (κ2) is 7.09. The van der Waals surface area contributed by atoms with Crippen molar-refractivity contribution in [3.8, 4) is 5.75 Å². The second-order valence-electron chi connectivity index (χ2n) is 4.30. The van der Waals surface area contributed by atoms with E-state index in [2.05, 4.69) is 4.98 Å². The Bertz CT molecular complexity index is 513. The highest BCUT2D eigenvalue weighted by atomic mass is 32.2. The van der Waals surface area contributed by atoms with Gasteiger partial charge in [-0.25, -0.2) is 4.98 Å². The van der Waals surface area contributed by atoms with Crippen LogP contribution < -0.4 is 10.5 Å². The maximum Gasteiger partial charge on any atom is 0.167 e. The van der Waals surface area contributed by atoms with Crippen LogP contribution in [0.2, 0.25) is 0 Å². The van der Waals surface area contributed by atoms with Gasteiger partial charge in [0.1, 0.15) is 5.75 Å². The molecule has 0 saturated carbocycles. The summed E-state index contributed by atoms with van der Waals surface area (Å²) in [6.07, 6.45) is 5.93. The van der Waals surface area contributed by atoms with Crippen molar-refractivity contribution in [1.82, 2.24) is 9.55 Å². The number of nitrogens with two attached hydrogens (primary N) is 1. The third kappa shape index (κ3) is 4.52. The van der Waals surface area contributed by atoms with Gasteiger partial charge in [-0.15, -0.1) is 0 Å². The van der Waals surface area contributed by atoms with Crippen LogP contribution in [-0.2, 0) is 7.05 Å². The van der Waals surface area contributed by atoms with Crippen LogP contribution in [0.5, 0.6) is 5.75 Å². The van der Waals surface area contributed by atoms with E-state index in [1.54, 1.807) is 11.8 Å². The minimum Gasteiger partial charge on any atom is -0.494 e. The number of anilines is 1. The summed E-state index contributed by atoms with van der Waals surface area (Å²) < 4.78 is 7.67. The quantitative estimate of drug-likeness (QED) is 0.480. The molecule has 0 fully saturated rings. The van der Waals surface area contributed by atoms with Gasteiger partial charge in [0.15, 0.2) is 5.16 Å². The maximum atomic E-state index is 5.69. The Morgan fingerprint density at radius 2 is 2.26 bits per heavy atom. The third-order valence-electron chi connectivity index (χ3n) is 2.67. The van der Waals surface area contributed by atoms with E-state index in [4.69, 9.17) is 10.5 Å². The van der Waals surface area contributed by atoms with E-state index < -0.39 is 0 Å². The zero-order chi connectivity index (χ0) is 13.5. The molecule has 0 aliphatic heterocycles. The number of unbranched alkanes of at least 4 members (excludes halogenated alkanes) is 1. The van der Waals surface area contributed by atoms with Crippen LogP contribution in [0.25, 0.3) is 0 Å². The number of rotatable bonds is 7. The molecule has 5 heteroatoms. The molecular weight excluding hydrogens is 258 g/mol. The lowest BCUT2D eigenvalue weighted by Gasteiger charge is -2.06. The molecule has 0 aliphatic rings. The van der Waals surface area contributed by atoms with Gasteiger partial charge in [0.05, 0.1) is 6.61 Å². The Labute approximate surface area is 118 Å². The van der Waals surface area contributed by atoms with Crippen LogP contribution in [0, 0.1) is 0 Å². The summed E-state index contributed by atoms with van der Waals surface area (Å²) in [4.78, 5) is 4.27. The van der Waals surface area contributed by atoms with E-state index in [9.17, 15) is 0 Å². The predicted octanol–water partition coefficient (Wildman–Crippen LogP) is 2.95. The van der Waals surface area contributed by atoms with Gasteiger partial charge in [-0.2, -0.15) is 0 Å². The van der Waals surface area contributed by atoms with Crippen LogP contribution >= 0.6 is 11.8 Å². The summed E-state index contributed by atoms with van der Waals surface area (Å²) in [6, 6.07) is 7.54. The van der Waals surface area contributed by atoms with Gasteiger partial charge in [0, 0.05) is 36.9 Å². The highest BCUT2D eigenvalue weighted by molar-refractivity contribution is 7.99. The molecule has 2 rings (SSSR count). The van der Waals surface area contributed by atoms with Crippen LogP contribution in [0.1, 0.15) is 12.8 Å². The van der Waals surface area contributed by atoms with Crippen LogP contribution in [0.15, 0.2) is 41.8 Å². The van der Waals surface area contributed by atoms with Gasteiger partial charge in [-0.3, -0.25) is 0 Å². The zero-order valence-electron chi connectivity index (χ0n) is 11.1. The largest absolute Gasteiger partial charge is 0.494 e. The lowest BCUT2D eigenvalue weighted by Crippen LogP contribution is -1.99. The summed E-state index contributed by atoms with van der Waals surface area (Å²) in [5, 5.41) is 1.07. The number of thioether (sulfide) groups is 1. The number of aryl methyl sites for hydroxylation is 1. The molecule has 19 heavy (non-hydrogen) atoms. The Morgan fingerprint density at radius 1 is 1.37 bits per heavy atom. The molecule has 1 aromatic carbocycles. The first kappa shape index (κ1) is 13.8. The first-order chi connectivity index (χ1) is 9.25. The number of hydrogen-bond donors (Lipinski definition) is 1. The normalized spacial score (nSPS) is 10.6. The fourth-order valence-corrected chi connectivity index (χ4v) is 2.58. The van der Waals surface area contributed by atoms with E-state index in [1.807, 2.05) is 48.3 Å². The van der Waals surface area contributed by atoms with Crippen LogP contribution in [0.3, 0.4) is 0 Å². The van der Waals surface area contributed by atoms with Gasteiger partial charge >= 0.3 is 0 Å². The number of benzene rings is 1. The fourth-order valence-electron chi connectivity index (χ4n) is 1.65. The molecule has 0 radical (unpaired) electrons. The van der Waals surface area contributed by atoms with Crippen molar-refractivity contribution in [2.75, 3.05) is 18.1 Å². The minimum atomic E-state index is 0.727. The smallest absolute Gasteiger partial charge is 0.167 e. The van der Waals surface area contributed by atoms with Crippen molar-refractivity contribution in [3.05, 3.63) is 36.7 Å². The topological polar surface area (TPSA) is 53.1 Å². The molecule has 0 saturated heterocycles. The van der Waals surface area contributed by atoms with Crippen molar-refractivity contribution < 1.29 is 4.74 Å². The molecular formula is C14H19N3OS. The van der Waals surface area contributed by atoms with E-state index >= 15 is 0 Å². The molecule has 4 nitrogen and oxygen atoms in total. The molecule has 0 unspecified atom stereocenters. The Morgan fingerprint density at radius 3 is 3.00 bits per heavy atom. The summed E-state index contributed by atoms with van der Waals surface area (Å²) in [5.74, 6) is 1.90. The zero-order valence-corrected chi connectivity index (χ0v) is 11.9. The Kier molecular flexibility index (Phi) is 5.15. The van der Waals surface area contributed by atoms with E-state index in [1.165, 1.54) is 0 Å². The lowest BCUT2D eigenvalue weighted by molar-refractivity contribution is 0.310. The van der Waals surface area contributed by atoms with Crippen LogP contribution in [-0.4, -0.2) is 21.9 Å². The molecule has 0 spiro atoms. The Hall–Kier alpha value is -1.62. The predicted molar refractivity (Wildman–Crippen MR) is 79.5 cm³/mol. The number of ether oxygens (including phenoxy) is 1. The molecule has 1 aromatic heterocycles. The number of nitrogens with zero attached hydrogens (tertiary/aromatic N) is 2. The van der Waals surface area contributed by atoms with E-state index in [0.29, 0.717) is 0 Å². The monoisotopic (exact) mass is 277 g/mol. The minimum absolute atomic E-state index is 0.727. The molecule has 0 amide bonds. The molecule has 102 valence electrons. The average molecular weight is 277 g/mol. The van der Waals surface area contributed by atoms with Crippen molar-refractivity contribution in [2.24, 2.45) is 7.05 Å². The number of aromatic nitrogens is 2. The number of hydrogen-bond acceptors (Lipinski definition) is 4. The maximum absolute atomic E-state index is 5.69. The summed E-state index contributed by atoms with van der Waals surface area (Å²) in [7, 11) is 2.01. The lowest BCUT2D eigenvalue weighted by atomic mass is 10.3. The van der Waals surface area contributed by atoms with Crippen molar-refractivity contribution in [1.29, 1.82) is 0 Å². The molecule has 0 atom stereocenters. The first-order valence-electron chi connectivity index (χ1n) is 6.34. The SMILES string of the molecule is Cn1ccnc1SCCCCOc1cccc(N)c1. The summed E-state index contributed by atoms with van der Waals surface area (Å²) in [6.45, 7) is 0.727. The van der Waals surface area contributed by atoms with Crippen LogP contribution in [0.4, 0.5) is 5.69 Å². The molecule has 1 heterocycles. The molecule has 0 bridgehead atoms. The van der Waals surface area contributed by atoms with Gasteiger partial charge in [-0.05, 0) is 25.0 Å². The second-order valence-corrected chi connectivity index (χ2v) is 5.36. The van der Waals surface area contributed by atoms with Crippen molar-refractivity contribution in [3.63, 3.8) is 0 Å². The summed E-state index contributed by atoms with van der Waals surface area (Å²) >= 11 is 1.78. The number of imidazole rings is 1. The summed E-state index contributed by atoms with van der Waals surface area (Å²) in [5.41, 5.74) is 6.43. The standard InChI is InChI=1S/C14H19N3OS/c1-17-8-7-16-14(17)19-10-3-2-9-18-13-6-4-5-12(15)11-13/h4-8,11H,2-3,9-10,15H2,1H3. The highest BCUT2D eigenvalue weighted by Crippen LogP contribution is 2.17. The van der Waals surface area contributed by atoms with Gasteiger partial charge in [0.2, 0.25) is 0 Å². The fraction of sp³-hybridized carbons (Fsp3) is 0.357. The third-order valence-corrected chi connectivity index (χ3v) is 3.82. The van der Waals surface area contributed by atoms with Gasteiger partial charge in [0.25, 0.3) is 0 Å². The van der Waals surface area contributed by atoms with Crippen molar-refractivity contribution >= 4 is 17.4 Å². The highest BCUT2D eigenvalue weighted by Gasteiger charge is 1.99. The van der Waals surface area contributed by atoms with Gasteiger partial charge < -0.3 is 15.0 Å². The molecule has 2 N–H and O–H groups in total. The van der Waals surface area contributed by atoms with Gasteiger partial charge in [-0.1, -0.05) is 17.8 Å². The van der Waals surface area contributed by atoms with E-state index in [0.717, 1.165) is 41.8 Å². The average Bonchev–Trinajstić information content (AvgIpc) is 2.79. The molecule has 2 aromatic rings. The van der Waals surface area contributed by atoms with E-state index in [-0.39, 0.29) is 0 Å². The number of nitrogen functional groups attached to an aromatic ring is 1. The molecule has 0 aliphatic carbocycles.